The molecule has 4 aromatic heterocycles. The number of pyridine rings is 3. The first-order valence-electron chi connectivity index (χ1n) is 9.32. The summed E-state index contributed by atoms with van der Waals surface area (Å²) in [5, 5.41) is 0. The van der Waals surface area contributed by atoms with Gasteiger partial charge in [0.1, 0.15) is 11.1 Å². The van der Waals surface area contributed by atoms with Crippen LogP contribution in [0.25, 0.3) is 11.0 Å². The molecule has 4 rings (SSSR count). The molecule has 0 aliphatic carbocycles. The van der Waals surface area contributed by atoms with E-state index in [-0.39, 0.29) is 5.41 Å². The van der Waals surface area contributed by atoms with Crippen molar-refractivity contribution < 1.29 is 0 Å². The molecule has 0 saturated carbocycles. The zero-order valence-corrected chi connectivity index (χ0v) is 18.7. The van der Waals surface area contributed by atoms with Crippen LogP contribution in [-0.2, 0) is 11.0 Å². The lowest BCUT2D eigenvalue weighted by Gasteiger charge is -2.32. The number of fused-ring (bicyclic) bond motifs is 1. The van der Waals surface area contributed by atoms with Gasteiger partial charge >= 0.3 is 0 Å². The van der Waals surface area contributed by atoms with E-state index in [1.807, 2.05) is 42.9 Å². The summed E-state index contributed by atoms with van der Waals surface area (Å²) in [7, 11) is 0. The van der Waals surface area contributed by atoms with Crippen LogP contribution >= 0.6 is 22.6 Å². The first kappa shape index (κ1) is 19.1. The van der Waals surface area contributed by atoms with Crippen molar-refractivity contribution in [3.63, 3.8) is 0 Å². The van der Waals surface area contributed by atoms with Crippen LogP contribution in [0.3, 0.4) is 0 Å². The molecule has 4 nitrogen and oxygen atoms in total. The number of nitrogens with zero attached hydrogens (tertiary/aromatic N) is 4. The van der Waals surface area contributed by atoms with Gasteiger partial charge < -0.3 is 4.57 Å². The van der Waals surface area contributed by atoms with E-state index in [1.165, 1.54) is 5.56 Å². The van der Waals surface area contributed by atoms with Crippen molar-refractivity contribution in [3.8, 4) is 0 Å². The van der Waals surface area contributed by atoms with Gasteiger partial charge in [-0.25, -0.2) is 0 Å². The largest absolute Gasteiger partial charge is 0.328 e. The first-order valence-corrected chi connectivity index (χ1v) is 10.4. The van der Waals surface area contributed by atoms with Crippen LogP contribution in [0.5, 0.6) is 0 Å². The Morgan fingerprint density at radius 3 is 1.96 bits per heavy atom. The van der Waals surface area contributed by atoms with Gasteiger partial charge in [0, 0.05) is 24.8 Å². The summed E-state index contributed by atoms with van der Waals surface area (Å²) in [6, 6.07) is 14.3. The number of hydrogen-bond acceptors (Lipinski definition) is 3. The number of halogens is 1. The van der Waals surface area contributed by atoms with E-state index in [0.29, 0.717) is 0 Å². The van der Waals surface area contributed by atoms with Crippen molar-refractivity contribution in [1.82, 2.24) is 19.5 Å². The smallest absolute Gasteiger partial charge is 0.126 e. The quantitative estimate of drug-likeness (QED) is 0.360. The molecule has 28 heavy (non-hydrogen) atoms. The van der Waals surface area contributed by atoms with Crippen molar-refractivity contribution >= 4 is 33.6 Å². The minimum atomic E-state index is -0.553. The summed E-state index contributed by atoms with van der Waals surface area (Å²) in [6.45, 7) is 8.82. The van der Waals surface area contributed by atoms with Gasteiger partial charge in [0.15, 0.2) is 0 Å². The van der Waals surface area contributed by atoms with E-state index in [1.54, 1.807) is 0 Å². The summed E-state index contributed by atoms with van der Waals surface area (Å²) < 4.78 is 3.39. The fourth-order valence-electron chi connectivity index (χ4n) is 3.52. The molecule has 0 aliphatic rings. The van der Waals surface area contributed by atoms with Crippen molar-refractivity contribution in [2.45, 2.75) is 38.6 Å². The average Bonchev–Trinajstić information content (AvgIpc) is 3.05. The fraction of sp³-hybridized carbons (Fsp3) is 0.261. The Morgan fingerprint density at radius 1 is 0.857 bits per heavy atom. The maximum absolute atomic E-state index is 4.80. The Morgan fingerprint density at radius 2 is 1.46 bits per heavy atom. The van der Waals surface area contributed by atoms with E-state index in [0.717, 1.165) is 26.0 Å². The van der Waals surface area contributed by atoms with Crippen LogP contribution in [0.1, 0.15) is 44.6 Å². The van der Waals surface area contributed by atoms with Gasteiger partial charge in [0.2, 0.25) is 0 Å². The number of rotatable bonds is 3. The van der Waals surface area contributed by atoms with Crippen molar-refractivity contribution in [3.05, 3.63) is 87.8 Å². The fourth-order valence-corrected chi connectivity index (χ4v) is 4.22. The van der Waals surface area contributed by atoms with Crippen molar-refractivity contribution in [1.29, 1.82) is 0 Å². The monoisotopic (exact) mass is 482 g/mol. The van der Waals surface area contributed by atoms with Gasteiger partial charge in [-0.1, -0.05) is 32.9 Å². The summed E-state index contributed by atoms with van der Waals surface area (Å²) in [6.07, 6.45) is 7.83. The predicted molar refractivity (Wildman–Crippen MR) is 121 cm³/mol. The number of aromatic nitrogens is 4. The molecule has 4 heterocycles. The van der Waals surface area contributed by atoms with Crippen LogP contribution in [0.15, 0.2) is 67.3 Å². The molecule has 142 valence electrons. The standard InChI is InChI=1S/C23H23IN4/c1-22(2,3)16-13-18-21(27-14-16)17(24)15-28(18)23(4,19-9-5-7-11-25-19)20-10-6-8-12-26-20/h5-15H,1-4H3. The highest BCUT2D eigenvalue weighted by atomic mass is 127. The van der Waals surface area contributed by atoms with Crippen molar-refractivity contribution in [2.24, 2.45) is 0 Å². The molecular formula is C23H23IN4. The second-order valence-corrected chi connectivity index (χ2v) is 9.35. The van der Waals surface area contributed by atoms with Crippen LogP contribution in [-0.4, -0.2) is 19.5 Å². The highest BCUT2D eigenvalue weighted by Crippen LogP contribution is 2.37. The molecule has 5 heteroatoms. The van der Waals surface area contributed by atoms with Crippen LogP contribution in [0.2, 0.25) is 0 Å². The zero-order chi connectivity index (χ0) is 19.9. The molecular weight excluding hydrogens is 459 g/mol. The molecule has 0 unspecified atom stereocenters. The molecule has 0 bridgehead atoms. The van der Waals surface area contributed by atoms with E-state index in [9.17, 15) is 0 Å². The minimum Gasteiger partial charge on any atom is -0.328 e. The average molecular weight is 482 g/mol. The predicted octanol–water partition coefficient (Wildman–Crippen LogP) is 5.54. The number of hydrogen-bond donors (Lipinski definition) is 0. The summed E-state index contributed by atoms with van der Waals surface area (Å²) in [5.41, 5.74) is 4.67. The molecule has 0 atom stereocenters. The molecule has 0 spiro atoms. The lowest BCUT2D eigenvalue weighted by Crippen LogP contribution is -2.34. The highest BCUT2D eigenvalue weighted by molar-refractivity contribution is 14.1. The van der Waals surface area contributed by atoms with Crippen LogP contribution < -0.4 is 0 Å². The maximum Gasteiger partial charge on any atom is 0.126 e. The molecule has 4 aromatic rings. The Hall–Kier alpha value is -2.28. The van der Waals surface area contributed by atoms with Crippen LogP contribution in [0.4, 0.5) is 0 Å². The molecule has 0 saturated heterocycles. The lowest BCUT2D eigenvalue weighted by molar-refractivity contribution is 0.462. The maximum atomic E-state index is 4.80. The molecule has 0 aromatic carbocycles. The molecule has 0 aliphatic heterocycles. The Kier molecular flexibility index (Phi) is 4.73. The van der Waals surface area contributed by atoms with E-state index in [2.05, 4.69) is 79.2 Å². The van der Waals surface area contributed by atoms with Gasteiger partial charge in [-0.3, -0.25) is 15.0 Å². The summed E-state index contributed by atoms with van der Waals surface area (Å²) in [5.74, 6) is 0. The molecule has 0 fully saturated rings. The Bertz CT molecular complexity index is 1070. The zero-order valence-electron chi connectivity index (χ0n) is 16.5. The SMILES string of the molecule is CC(C)(C)c1cnc2c(I)cn(C(C)(c3ccccn3)c3ccccn3)c2c1. The van der Waals surface area contributed by atoms with Gasteiger partial charge in [-0.15, -0.1) is 0 Å². The Balaban J connectivity index is 2.06. The van der Waals surface area contributed by atoms with Gasteiger partial charge in [0.25, 0.3) is 0 Å². The second kappa shape index (κ2) is 6.95. The van der Waals surface area contributed by atoms with E-state index in [4.69, 9.17) is 15.0 Å². The van der Waals surface area contributed by atoms with E-state index < -0.39 is 5.54 Å². The van der Waals surface area contributed by atoms with Crippen molar-refractivity contribution in [2.75, 3.05) is 0 Å². The van der Waals surface area contributed by atoms with Gasteiger partial charge in [-0.05, 0) is 70.8 Å². The first-order chi connectivity index (χ1) is 13.3. The normalized spacial score (nSPS) is 12.5. The molecule has 0 radical (unpaired) electrons. The Labute approximate surface area is 179 Å². The lowest BCUT2D eigenvalue weighted by atomic mass is 9.87. The summed E-state index contributed by atoms with van der Waals surface area (Å²) in [4.78, 5) is 14.2. The minimum absolute atomic E-state index is 0.0219. The van der Waals surface area contributed by atoms with Gasteiger partial charge in [-0.2, -0.15) is 0 Å². The van der Waals surface area contributed by atoms with Crippen LogP contribution in [0, 0.1) is 3.57 Å². The second-order valence-electron chi connectivity index (χ2n) is 8.19. The third-order valence-electron chi connectivity index (χ3n) is 5.27. The third-order valence-corrected chi connectivity index (χ3v) is 6.06. The van der Waals surface area contributed by atoms with Gasteiger partial charge in [0.05, 0.1) is 20.5 Å². The highest BCUT2D eigenvalue weighted by Gasteiger charge is 2.35. The molecule has 0 N–H and O–H groups in total. The third kappa shape index (κ3) is 3.11. The van der Waals surface area contributed by atoms with E-state index >= 15 is 0 Å². The molecule has 0 amide bonds. The topological polar surface area (TPSA) is 43.6 Å². The summed E-state index contributed by atoms with van der Waals surface area (Å²) >= 11 is 2.37.